The average Bonchev–Trinajstić information content (AvgIpc) is 2.78. The van der Waals surface area contributed by atoms with Crippen molar-refractivity contribution in [3.8, 4) is 0 Å². The van der Waals surface area contributed by atoms with Crippen LogP contribution in [0.3, 0.4) is 0 Å². The molecular weight excluding hydrogens is 438 g/mol. The smallest absolute Gasteiger partial charge is 0.255 e. The van der Waals surface area contributed by atoms with Crippen molar-refractivity contribution >= 4 is 33.2 Å². The van der Waals surface area contributed by atoms with Gasteiger partial charge in [-0.25, -0.2) is 13.1 Å². The number of hydrogen-bond acceptors (Lipinski definition) is 4. The zero-order chi connectivity index (χ0) is 24.0. The van der Waals surface area contributed by atoms with Crippen LogP contribution in [0, 0.1) is 0 Å². The lowest BCUT2D eigenvalue weighted by Crippen LogP contribution is -2.23. The van der Waals surface area contributed by atoms with Crippen LogP contribution in [-0.4, -0.2) is 20.2 Å². The predicted molar refractivity (Wildman–Crippen MR) is 130 cm³/mol. The summed E-state index contributed by atoms with van der Waals surface area (Å²) >= 11 is 0. The van der Waals surface area contributed by atoms with Gasteiger partial charge in [-0.15, -0.1) is 0 Å². The van der Waals surface area contributed by atoms with E-state index >= 15 is 0 Å². The minimum atomic E-state index is -3.72. The van der Waals surface area contributed by atoms with Gasteiger partial charge in [0.2, 0.25) is 15.9 Å². The van der Waals surface area contributed by atoms with Gasteiger partial charge in [0.1, 0.15) is 0 Å². The van der Waals surface area contributed by atoms with Crippen LogP contribution in [0.1, 0.15) is 48.2 Å². The van der Waals surface area contributed by atoms with E-state index in [1.54, 1.807) is 24.3 Å². The Morgan fingerprint density at radius 2 is 1.33 bits per heavy atom. The second kappa shape index (κ2) is 10.4. The number of carbonyl (C=O) groups excluding carboxylic acids is 2. The van der Waals surface area contributed by atoms with Gasteiger partial charge in [0.05, 0.1) is 4.90 Å². The Bertz CT molecular complexity index is 1220. The lowest BCUT2D eigenvalue weighted by Gasteiger charge is -2.10. The highest BCUT2D eigenvalue weighted by Crippen LogP contribution is 2.18. The molecule has 3 N–H and O–H groups in total. The lowest BCUT2D eigenvalue weighted by atomic mass is 10.0. The Morgan fingerprint density at radius 1 is 0.788 bits per heavy atom. The molecule has 0 spiro atoms. The first-order valence-corrected chi connectivity index (χ1v) is 12.0. The van der Waals surface area contributed by atoms with Crippen LogP contribution in [0.2, 0.25) is 0 Å². The SMILES string of the molecule is CC(=O)Nc1ccc(S(=O)(=O)NCc2ccc(C(=O)Nc3ccc(C(C)C)cc3)cc2)cc1. The third kappa shape index (κ3) is 6.74. The summed E-state index contributed by atoms with van der Waals surface area (Å²) in [7, 11) is -3.72. The number of amides is 2. The molecule has 0 radical (unpaired) electrons. The maximum atomic E-state index is 12.5. The molecule has 0 saturated heterocycles. The number of nitrogens with one attached hydrogen (secondary N) is 3. The minimum absolute atomic E-state index is 0.0777. The summed E-state index contributed by atoms with van der Waals surface area (Å²) in [5, 5.41) is 5.45. The molecule has 0 aliphatic carbocycles. The van der Waals surface area contributed by atoms with Crippen molar-refractivity contribution in [2.45, 2.75) is 38.1 Å². The van der Waals surface area contributed by atoms with E-state index in [1.807, 2.05) is 24.3 Å². The third-order valence-corrected chi connectivity index (χ3v) is 6.42. The molecule has 7 nitrogen and oxygen atoms in total. The first-order valence-electron chi connectivity index (χ1n) is 10.5. The maximum absolute atomic E-state index is 12.5. The van der Waals surface area contributed by atoms with Gasteiger partial charge in [-0.05, 0) is 65.6 Å². The highest BCUT2D eigenvalue weighted by atomic mass is 32.2. The summed E-state index contributed by atoms with van der Waals surface area (Å²) in [6.07, 6.45) is 0. The molecule has 0 saturated carbocycles. The molecule has 0 aliphatic heterocycles. The van der Waals surface area contributed by atoms with Gasteiger partial charge in [0.25, 0.3) is 5.91 Å². The van der Waals surface area contributed by atoms with Gasteiger partial charge in [-0.2, -0.15) is 0 Å². The molecule has 0 bridgehead atoms. The normalized spacial score (nSPS) is 11.3. The third-order valence-electron chi connectivity index (χ3n) is 5.00. The number of sulfonamides is 1. The summed E-state index contributed by atoms with van der Waals surface area (Å²) in [6, 6.07) is 20.4. The van der Waals surface area contributed by atoms with Crippen molar-refractivity contribution in [2.24, 2.45) is 0 Å². The molecule has 0 aliphatic rings. The molecule has 33 heavy (non-hydrogen) atoms. The summed E-state index contributed by atoms with van der Waals surface area (Å²) in [6.45, 7) is 5.68. The fourth-order valence-electron chi connectivity index (χ4n) is 3.11. The number of anilines is 2. The Balaban J connectivity index is 1.58. The fraction of sp³-hybridized carbons (Fsp3) is 0.200. The Labute approximate surface area is 194 Å². The van der Waals surface area contributed by atoms with Crippen molar-refractivity contribution in [1.82, 2.24) is 4.72 Å². The lowest BCUT2D eigenvalue weighted by molar-refractivity contribution is -0.114. The molecule has 0 fully saturated rings. The zero-order valence-electron chi connectivity index (χ0n) is 18.8. The van der Waals surface area contributed by atoms with E-state index in [4.69, 9.17) is 0 Å². The fourth-order valence-corrected chi connectivity index (χ4v) is 4.13. The van der Waals surface area contributed by atoms with Gasteiger partial charge < -0.3 is 10.6 Å². The van der Waals surface area contributed by atoms with E-state index in [0.29, 0.717) is 28.4 Å². The van der Waals surface area contributed by atoms with Crippen molar-refractivity contribution in [1.29, 1.82) is 0 Å². The number of carbonyl (C=O) groups is 2. The Hall–Kier alpha value is -3.49. The van der Waals surface area contributed by atoms with Gasteiger partial charge in [0.15, 0.2) is 0 Å². The molecule has 172 valence electrons. The first-order chi connectivity index (χ1) is 15.6. The van der Waals surface area contributed by atoms with Crippen LogP contribution in [0.15, 0.2) is 77.7 Å². The molecule has 2 amide bonds. The Morgan fingerprint density at radius 3 is 1.88 bits per heavy atom. The highest BCUT2D eigenvalue weighted by molar-refractivity contribution is 7.89. The van der Waals surface area contributed by atoms with Crippen LogP contribution in [0.25, 0.3) is 0 Å². The van der Waals surface area contributed by atoms with Crippen LogP contribution in [-0.2, 0) is 21.4 Å². The van der Waals surface area contributed by atoms with Crippen LogP contribution in [0.4, 0.5) is 11.4 Å². The van der Waals surface area contributed by atoms with E-state index in [0.717, 1.165) is 0 Å². The quantitative estimate of drug-likeness (QED) is 0.456. The number of hydrogen-bond donors (Lipinski definition) is 3. The predicted octanol–water partition coefficient (Wildman–Crippen LogP) is 4.50. The standard InChI is InChI=1S/C25H27N3O4S/c1-17(2)20-8-10-23(11-9-20)28-25(30)21-6-4-19(5-7-21)16-26-33(31,32)24-14-12-22(13-15-24)27-18(3)29/h4-15,17,26H,16H2,1-3H3,(H,27,29)(H,28,30). The summed E-state index contributed by atoms with van der Waals surface area (Å²) in [5.74, 6) is -0.0496. The Kier molecular flexibility index (Phi) is 7.63. The van der Waals surface area contributed by atoms with E-state index in [1.165, 1.54) is 36.8 Å². The van der Waals surface area contributed by atoms with Crippen molar-refractivity contribution in [2.75, 3.05) is 10.6 Å². The average molecular weight is 466 g/mol. The summed E-state index contributed by atoms with van der Waals surface area (Å²) < 4.78 is 27.6. The van der Waals surface area contributed by atoms with Crippen molar-refractivity contribution in [3.63, 3.8) is 0 Å². The molecule has 0 atom stereocenters. The van der Waals surface area contributed by atoms with Crippen molar-refractivity contribution in [3.05, 3.63) is 89.5 Å². The molecule has 3 aromatic rings. The van der Waals surface area contributed by atoms with Crippen molar-refractivity contribution < 1.29 is 18.0 Å². The minimum Gasteiger partial charge on any atom is -0.326 e. The van der Waals surface area contributed by atoms with E-state index in [9.17, 15) is 18.0 Å². The number of benzene rings is 3. The van der Waals surface area contributed by atoms with Crippen LogP contribution in [0.5, 0.6) is 0 Å². The number of rotatable bonds is 8. The molecule has 8 heteroatoms. The van der Waals surface area contributed by atoms with E-state index < -0.39 is 10.0 Å². The largest absolute Gasteiger partial charge is 0.326 e. The first kappa shape index (κ1) is 24.2. The maximum Gasteiger partial charge on any atom is 0.255 e. The van der Waals surface area contributed by atoms with E-state index in [-0.39, 0.29) is 23.3 Å². The molecule has 0 aromatic heterocycles. The topological polar surface area (TPSA) is 104 Å². The molecule has 0 heterocycles. The van der Waals surface area contributed by atoms with Gasteiger partial charge >= 0.3 is 0 Å². The second-order valence-electron chi connectivity index (χ2n) is 7.96. The second-order valence-corrected chi connectivity index (χ2v) is 9.72. The summed E-state index contributed by atoms with van der Waals surface area (Å²) in [4.78, 5) is 23.7. The molecule has 3 aromatic carbocycles. The van der Waals surface area contributed by atoms with E-state index in [2.05, 4.69) is 29.2 Å². The van der Waals surface area contributed by atoms with Gasteiger partial charge in [-0.3, -0.25) is 9.59 Å². The molecular formula is C25H27N3O4S. The highest BCUT2D eigenvalue weighted by Gasteiger charge is 2.14. The summed E-state index contributed by atoms with van der Waals surface area (Å²) in [5.41, 5.74) is 3.62. The molecule has 3 rings (SSSR count). The van der Waals surface area contributed by atoms with Gasteiger partial charge in [-0.1, -0.05) is 38.1 Å². The van der Waals surface area contributed by atoms with Crippen LogP contribution >= 0.6 is 0 Å². The molecule has 0 unspecified atom stereocenters. The monoisotopic (exact) mass is 465 g/mol. The van der Waals surface area contributed by atoms with Gasteiger partial charge in [0, 0.05) is 30.4 Å². The van der Waals surface area contributed by atoms with Crippen LogP contribution < -0.4 is 15.4 Å². The zero-order valence-corrected chi connectivity index (χ0v) is 19.6.